The third kappa shape index (κ3) is 4.91. The number of carbonyl (C=O) groups is 1. The molecule has 106 valence electrons. The summed E-state index contributed by atoms with van der Waals surface area (Å²) in [6.45, 7) is 7.96. The van der Waals surface area contributed by atoms with E-state index >= 15 is 0 Å². The van der Waals surface area contributed by atoms with E-state index in [1.54, 1.807) is 6.92 Å². The Balaban J connectivity index is 2.46. The first-order valence-corrected chi connectivity index (χ1v) is 6.69. The van der Waals surface area contributed by atoms with Gasteiger partial charge in [0.15, 0.2) is 0 Å². The summed E-state index contributed by atoms with van der Waals surface area (Å²) < 4.78 is 0. The molecule has 2 unspecified atom stereocenters. The van der Waals surface area contributed by atoms with Crippen molar-refractivity contribution in [2.75, 3.05) is 11.9 Å². The van der Waals surface area contributed by atoms with E-state index in [0.29, 0.717) is 0 Å². The maximum Gasteiger partial charge on any atom is 0.319 e. The Bertz CT molecular complexity index is 413. The molecule has 3 N–H and O–H groups in total. The lowest BCUT2D eigenvalue weighted by molar-refractivity contribution is 0.00827. The fourth-order valence-electron chi connectivity index (χ4n) is 1.69. The van der Waals surface area contributed by atoms with Crippen molar-refractivity contribution in [2.45, 2.75) is 39.7 Å². The number of aryl methyl sites for hydroxylation is 1. The van der Waals surface area contributed by atoms with Gasteiger partial charge in [0.2, 0.25) is 0 Å². The van der Waals surface area contributed by atoms with Gasteiger partial charge < -0.3 is 15.7 Å². The number of hydrogen-bond acceptors (Lipinski definition) is 2. The number of carbonyl (C=O) groups excluding carboxylic acids is 1. The minimum Gasteiger partial charge on any atom is -0.388 e. The van der Waals surface area contributed by atoms with Gasteiger partial charge in [-0.15, -0.1) is 0 Å². The fraction of sp³-hybridized carbons (Fsp3) is 0.533. The fourth-order valence-corrected chi connectivity index (χ4v) is 1.69. The quantitative estimate of drug-likeness (QED) is 0.765. The normalized spacial score (nSPS) is 15.4. The average Bonchev–Trinajstić information content (AvgIpc) is 2.38. The van der Waals surface area contributed by atoms with Crippen molar-refractivity contribution in [3.63, 3.8) is 0 Å². The number of nitrogens with one attached hydrogen (secondary N) is 2. The molecule has 4 heteroatoms. The molecule has 0 spiro atoms. The number of anilines is 1. The molecule has 1 aromatic carbocycles. The van der Waals surface area contributed by atoms with Gasteiger partial charge in [-0.2, -0.15) is 0 Å². The molecule has 0 aromatic heterocycles. The van der Waals surface area contributed by atoms with Gasteiger partial charge in [-0.1, -0.05) is 38.0 Å². The van der Waals surface area contributed by atoms with E-state index in [2.05, 4.69) is 10.6 Å². The summed E-state index contributed by atoms with van der Waals surface area (Å²) in [5, 5.41) is 15.6. The molecule has 0 fully saturated rings. The van der Waals surface area contributed by atoms with Crippen LogP contribution in [0.5, 0.6) is 0 Å². The Morgan fingerprint density at radius 3 is 2.47 bits per heavy atom. The second-order valence-corrected chi connectivity index (χ2v) is 5.34. The number of benzene rings is 1. The number of amides is 2. The first-order chi connectivity index (χ1) is 8.85. The van der Waals surface area contributed by atoms with Crippen molar-refractivity contribution >= 4 is 11.7 Å². The van der Waals surface area contributed by atoms with Crippen molar-refractivity contribution in [1.82, 2.24) is 5.32 Å². The SMILES string of the molecule is CCC(C)C(C)(O)CNC(=O)Nc1ccc(C)cc1. The van der Waals surface area contributed by atoms with Gasteiger partial charge in [0.05, 0.1) is 5.60 Å². The van der Waals surface area contributed by atoms with Gasteiger partial charge in [-0.3, -0.25) is 0 Å². The highest BCUT2D eigenvalue weighted by molar-refractivity contribution is 5.89. The van der Waals surface area contributed by atoms with Gasteiger partial charge in [0, 0.05) is 12.2 Å². The maximum absolute atomic E-state index is 11.7. The second kappa shape index (κ2) is 6.57. The predicted molar refractivity (Wildman–Crippen MR) is 78.3 cm³/mol. The van der Waals surface area contributed by atoms with E-state index < -0.39 is 5.60 Å². The lowest BCUT2D eigenvalue weighted by atomic mass is 9.89. The Labute approximate surface area is 115 Å². The smallest absolute Gasteiger partial charge is 0.319 e. The minimum absolute atomic E-state index is 0.132. The molecule has 4 nitrogen and oxygen atoms in total. The number of urea groups is 1. The Hall–Kier alpha value is -1.55. The van der Waals surface area contributed by atoms with E-state index in [4.69, 9.17) is 0 Å². The average molecular weight is 264 g/mol. The standard InChI is InChI=1S/C15H24N2O2/c1-5-12(3)15(4,19)10-16-14(18)17-13-8-6-11(2)7-9-13/h6-9,12,19H,5,10H2,1-4H3,(H2,16,17,18). The zero-order valence-electron chi connectivity index (χ0n) is 12.2. The van der Waals surface area contributed by atoms with E-state index in [1.165, 1.54) is 0 Å². The molecule has 2 amide bonds. The highest BCUT2D eigenvalue weighted by Crippen LogP contribution is 2.18. The summed E-state index contributed by atoms with van der Waals surface area (Å²) in [5.41, 5.74) is 0.997. The van der Waals surface area contributed by atoms with Crippen molar-refractivity contribution in [2.24, 2.45) is 5.92 Å². The van der Waals surface area contributed by atoms with Crippen molar-refractivity contribution in [3.8, 4) is 0 Å². The van der Waals surface area contributed by atoms with Crippen LogP contribution in [0.3, 0.4) is 0 Å². The molecule has 0 saturated heterocycles. The molecular weight excluding hydrogens is 240 g/mol. The van der Waals surface area contributed by atoms with Gasteiger partial charge in [0.25, 0.3) is 0 Å². The van der Waals surface area contributed by atoms with E-state index in [-0.39, 0.29) is 18.5 Å². The van der Waals surface area contributed by atoms with Crippen LogP contribution in [0.25, 0.3) is 0 Å². The maximum atomic E-state index is 11.7. The molecule has 0 aliphatic carbocycles. The first kappa shape index (κ1) is 15.5. The Morgan fingerprint density at radius 1 is 1.37 bits per heavy atom. The van der Waals surface area contributed by atoms with Crippen molar-refractivity contribution in [1.29, 1.82) is 0 Å². The highest BCUT2D eigenvalue weighted by Gasteiger charge is 2.27. The molecule has 0 saturated carbocycles. The van der Waals surface area contributed by atoms with Crippen LogP contribution >= 0.6 is 0 Å². The highest BCUT2D eigenvalue weighted by atomic mass is 16.3. The number of hydrogen-bond donors (Lipinski definition) is 3. The monoisotopic (exact) mass is 264 g/mol. The number of aliphatic hydroxyl groups is 1. The van der Waals surface area contributed by atoms with Crippen LogP contribution in [0, 0.1) is 12.8 Å². The molecule has 1 aromatic rings. The first-order valence-electron chi connectivity index (χ1n) is 6.69. The van der Waals surface area contributed by atoms with Crippen LogP contribution in [-0.2, 0) is 0 Å². The zero-order valence-corrected chi connectivity index (χ0v) is 12.2. The van der Waals surface area contributed by atoms with Crippen LogP contribution in [0.4, 0.5) is 10.5 Å². The molecule has 19 heavy (non-hydrogen) atoms. The summed E-state index contributed by atoms with van der Waals surface area (Å²) in [5.74, 6) is 0.132. The van der Waals surface area contributed by atoms with Crippen LogP contribution in [0.2, 0.25) is 0 Å². The predicted octanol–water partition coefficient (Wildman–Crippen LogP) is 2.91. The summed E-state index contributed by atoms with van der Waals surface area (Å²) in [4.78, 5) is 11.7. The summed E-state index contributed by atoms with van der Waals surface area (Å²) in [7, 11) is 0. The van der Waals surface area contributed by atoms with Crippen LogP contribution in [0.15, 0.2) is 24.3 Å². The zero-order chi connectivity index (χ0) is 14.5. The van der Waals surface area contributed by atoms with E-state index in [0.717, 1.165) is 17.7 Å². The third-order valence-electron chi connectivity index (χ3n) is 3.59. The topological polar surface area (TPSA) is 61.4 Å². The van der Waals surface area contributed by atoms with Gasteiger partial charge in [-0.05, 0) is 31.9 Å². The van der Waals surface area contributed by atoms with Gasteiger partial charge >= 0.3 is 6.03 Å². The van der Waals surface area contributed by atoms with Crippen LogP contribution in [-0.4, -0.2) is 23.3 Å². The van der Waals surface area contributed by atoms with Crippen LogP contribution < -0.4 is 10.6 Å². The van der Waals surface area contributed by atoms with Gasteiger partial charge in [-0.25, -0.2) is 4.79 Å². The number of rotatable bonds is 5. The Morgan fingerprint density at radius 2 is 1.95 bits per heavy atom. The lowest BCUT2D eigenvalue weighted by Gasteiger charge is -2.29. The largest absolute Gasteiger partial charge is 0.388 e. The molecule has 0 bridgehead atoms. The molecule has 0 radical (unpaired) electrons. The third-order valence-corrected chi connectivity index (χ3v) is 3.59. The minimum atomic E-state index is -0.890. The van der Waals surface area contributed by atoms with Crippen molar-refractivity contribution in [3.05, 3.63) is 29.8 Å². The van der Waals surface area contributed by atoms with Crippen LogP contribution in [0.1, 0.15) is 32.8 Å². The molecular formula is C15H24N2O2. The summed E-state index contributed by atoms with van der Waals surface area (Å²) >= 11 is 0. The molecule has 2 atom stereocenters. The molecule has 0 aliphatic heterocycles. The molecule has 0 heterocycles. The summed E-state index contributed by atoms with van der Waals surface area (Å²) in [6.07, 6.45) is 0.869. The van der Waals surface area contributed by atoms with E-state index in [1.807, 2.05) is 45.0 Å². The van der Waals surface area contributed by atoms with Gasteiger partial charge in [0.1, 0.15) is 0 Å². The van der Waals surface area contributed by atoms with E-state index in [9.17, 15) is 9.90 Å². The molecule has 0 aliphatic rings. The molecule has 1 rings (SSSR count). The van der Waals surface area contributed by atoms with Crippen molar-refractivity contribution < 1.29 is 9.90 Å². The summed E-state index contributed by atoms with van der Waals surface area (Å²) in [6, 6.07) is 7.27. The second-order valence-electron chi connectivity index (χ2n) is 5.34. The Kier molecular flexibility index (Phi) is 5.36. The lowest BCUT2D eigenvalue weighted by Crippen LogP contribution is -2.46.